The minimum Gasteiger partial charge on any atom is -0.332 e. The van der Waals surface area contributed by atoms with Gasteiger partial charge in [-0.15, -0.1) is 11.3 Å². The van der Waals surface area contributed by atoms with Crippen LogP contribution in [0.1, 0.15) is 51.0 Å². The first-order valence-corrected chi connectivity index (χ1v) is 11.0. The molecule has 0 unspecified atom stereocenters. The van der Waals surface area contributed by atoms with Crippen LogP contribution < -0.4 is 0 Å². The number of amides is 2. The van der Waals surface area contributed by atoms with Gasteiger partial charge < -0.3 is 9.80 Å². The molecule has 0 saturated heterocycles. The monoisotopic (exact) mass is 418 g/mol. The van der Waals surface area contributed by atoms with E-state index in [1.807, 2.05) is 45.2 Å². The Balaban J connectivity index is 2.19. The molecule has 6 heteroatoms. The molecule has 0 aliphatic rings. The van der Waals surface area contributed by atoms with Crippen molar-refractivity contribution in [3.8, 4) is 0 Å². The fourth-order valence-electron chi connectivity index (χ4n) is 3.06. The van der Waals surface area contributed by atoms with Gasteiger partial charge in [0.2, 0.25) is 11.8 Å². The number of halogens is 1. The second-order valence-electron chi connectivity index (χ2n) is 7.83. The number of nitrogens with zero attached hydrogens (tertiary/aromatic N) is 2. The minimum atomic E-state index is -0.299. The highest BCUT2D eigenvalue weighted by molar-refractivity contribution is 7.09. The summed E-state index contributed by atoms with van der Waals surface area (Å²) in [4.78, 5) is 30.5. The molecule has 1 aromatic carbocycles. The highest BCUT2D eigenvalue weighted by Crippen LogP contribution is 2.17. The lowest BCUT2D eigenvalue weighted by Crippen LogP contribution is -2.46. The van der Waals surface area contributed by atoms with Crippen LogP contribution in [0.15, 0.2) is 41.8 Å². The Morgan fingerprint density at radius 2 is 1.72 bits per heavy atom. The second-order valence-corrected chi connectivity index (χ2v) is 8.86. The van der Waals surface area contributed by atoms with Gasteiger partial charge in [-0.05, 0) is 48.4 Å². The molecule has 0 fully saturated rings. The van der Waals surface area contributed by atoms with Gasteiger partial charge in [0.25, 0.3) is 0 Å². The number of hydrogen-bond donors (Lipinski definition) is 0. The lowest BCUT2D eigenvalue weighted by Gasteiger charge is -2.31. The third-order valence-corrected chi connectivity index (χ3v) is 5.76. The molecule has 29 heavy (non-hydrogen) atoms. The molecule has 4 nitrogen and oxygen atoms in total. The van der Waals surface area contributed by atoms with Gasteiger partial charge >= 0.3 is 0 Å². The lowest BCUT2D eigenvalue weighted by atomic mass is 10.1. The largest absolute Gasteiger partial charge is 0.332 e. The van der Waals surface area contributed by atoms with E-state index in [2.05, 4.69) is 0 Å². The van der Waals surface area contributed by atoms with E-state index in [9.17, 15) is 14.0 Å². The van der Waals surface area contributed by atoms with E-state index < -0.39 is 0 Å². The maximum atomic E-state index is 13.3. The maximum absolute atomic E-state index is 13.3. The Hall–Kier alpha value is -2.21. The highest BCUT2D eigenvalue weighted by Gasteiger charge is 2.25. The Bertz CT molecular complexity index is 775. The zero-order valence-electron chi connectivity index (χ0n) is 17.7. The van der Waals surface area contributed by atoms with Gasteiger partial charge in [-0.25, -0.2) is 4.39 Å². The first-order valence-electron chi connectivity index (χ1n) is 10.1. The molecule has 0 radical (unpaired) electrons. The summed E-state index contributed by atoms with van der Waals surface area (Å²) < 4.78 is 13.3. The summed E-state index contributed by atoms with van der Waals surface area (Å²) in [7, 11) is 0. The predicted molar refractivity (Wildman–Crippen MR) is 116 cm³/mol. The summed E-state index contributed by atoms with van der Waals surface area (Å²) in [6, 6.07) is 10.1. The summed E-state index contributed by atoms with van der Waals surface area (Å²) in [6.45, 7) is 8.93. The van der Waals surface area contributed by atoms with E-state index in [1.165, 1.54) is 12.1 Å². The number of carbonyl (C=O) groups is 2. The molecule has 158 valence electrons. The standard InChI is InChI=1S/C23H31FN2O2S/c1-5-18(4)26(22(27)13-17(2)3)16-23(28)25(15-21-7-6-12-29-21)14-19-8-10-20(24)11-9-19/h6-12,17-18H,5,13-16H2,1-4H3/t18-/m0/s1. The summed E-state index contributed by atoms with van der Waals surface area (Å²) in [5, 5.41) is 1.98. The maximum Gasteiger partial charge on any atom is 0.242 e. The van der Waals surface area contributed by atoms with Crippen LogP contribution in [0.25, 0.3) is 0 Å². The highest BCUT2D eigenvalue weighted by atomic mass is 32.1. The van der Waals surface area contributed by atoms with Crippen LogP contribution in [0.3, 0.4) is 0 Å². The molecule has 2 rings (SSSR count). The van der Waals surface area contributed by atoms with Gasteiger partial charge in [0.1, 0.15) is 12.4 Å². The Kier molecular flexibility index (Phi) is 8.83. The van der Waals surface area contributed by atoms with Gasteiger partial charge in [-0.3, -0.25) is 9.59 Å². The van der Waals surface area contributed by atoms with E-state index >= 15 is 0 Å². The smallest absolute Gasteiger partial charge is 0.242 e. The Labute approximate surface area is 177 Å². The van der Waals surface area contributed by atoms with Gasteiger partial charge in [0, 0.05) is 23.9 Å². The first kappa shape index (κ1) is 23.1. The minimum absolute atomic E-state index is 0.000362. The second kappa shape index (κ2) is 11.1. The number of hydrogen-bond acceptors (Lipinski definition) is 3. The zero-order chi connectivity index (χ0) is 21.4. The number of carbonyl (C=O) groups excluding carboxylic acids is 2. The number of rotatable bonds is 10. The van der Waals surface area contributed by atoms with Gasteiger partial charge in [0.15, 0.2) is 0 Å². The molecule has 2 amide bonds. The SMILES string of the molecule is CC[C@H](C)N(CC(=O)N(Cc1ccc(F)cc1)Cc1cccs1)C(=O)CC(C)C. The normalized spacial score (nSPS) is 12.1. The molecule has 2 aromatic rings. The van der Waals surface area contributed by atoms with Crippen molar-refractivity contribution in [2.75, 3.05) is 6.54 Å². The molecule has 0 saturated carbocycles. The van der Waals surface area contributed by atoms with Crippen molar-refractivity contribution in [1.82, 2.24) is 9.80 Å². The molecule has 0 spiro atoms. The molecule has 1 aromatic heterocycles. The average molecular weight is 419 g/mol. The molecule has 0 N–H and O–H groups in total. The fraction of sp³-hybridized carbons (Fsp3) is 0.478. The van der Waals surface area contributed by atoms with Crippen LogP contribution >= 0.6 is 11.3 Å². The molecule has 1 atom stereocenters. The number of thiophene rings is 1. The van der Waals surface area contributed by atoms with Crippen LogP contribution in [0.5, 0.6) is 0 Å². The fourth-order valence-corrected chi connectivity index (χ4v) is 3.77. The van der Waals surface area contributed by atoms with Crippen LogP contribution in [0.4, 0.5) is 4.39 Å². The van der Waals surface area contributed by atoms with Crippen LogP contribution in [-0.2, 0) is 22.7 Å². The van der Waals surface area contributed by atoms with Crippen molar-refractivity contribution >= 4 is 23.2 Å². The first-order chi connectivity index (χ1) is 13.8. The van der Waals surface area contributed by atoms with Crippen molar-refractivity contribution in [2.24, 2.45) is 5.92 Å². The molecular formula is C23H31FN2O2S. The molecule has 0 aliphatic carbocycles. The van der Waals surface area contributed by atoms with Crippen molar-refractivity contribution in [3.63, 3.8) is 0 Å². The van der Waals surface area contributed by atoms with Crippen LogP contribution in [0, 0.1) is 11.7 Å². The molecule has 1 heterocycles. The molecular weight excluding hydrogens is 387 g/mol. The lowest BCUT2D eigenvalue weighted by molar-refractivity contribution is -0.143. The summed E-state index contributed by atoms with van der Waals surface area (Å²) in [5.74, 6) is -0.140. The van der Waals surface area contributed by atoms with Crippen molar-refractivity contribution in [2.45, 2.75) is 59.7 Å². The molecule has 0 aliphatic heterocycles. The summed E-state index contributed by atoms with van der Waals surface area (Å²) >= 11 is 1.59. The summed E-state index contributed by atoms with van der Waals surface area (Å²) in [6.07, 6.45) is 1.22. The van der Waals surface area contributed by atoms with Crippen LogP contribution in [0.2, 0.25) is 0 Å². The quantitative estimate of drug-likeness (QED) is 0.539. The van der Waals surface area contributed by atoms with Crippen molar-refractivity contribution < 1.29 is 14.0 Å². The third kappa shape index (κ3) is 7.28. The Morgan fingerprint density at radius 1 is 1.03 bits per heavy atom. The number of benzene rings is 1. The van der Waals surface area contributed by atoms with Gasteiger partial charge in [0.05, 0.1) is 6.54 Å². The van der Waals surface area contributed by atoms with E-state index in [0.717, 1.165) is 16.9 Å². The van der Waals surface area contributed by atoms with Crippen molar-refractivity contribution in [3.05, 3.63) is 58.0 Å². The zero-order valence-corrected chi connectivity index (χ0v) is 18.5. The van der Waals surface area contributed by atoms with E-state index in [4.69, 9.17) is 0 Å². The van der Waals surface area contributed by atoms with Crippen LogP contribution in [-0.4, -0.2) is 34.2 Å². The van der Waals surface area contributed by atoms with E-state index in [-0.39, 0.29) is 36.1 Å². The van der Waals surface area contributed by atoms with E-state index in [0.29, 0.717) is 19.5 Å². The topological polar surface area (TPSA) is 40.6 Å². The predicted octanol–water partition coefficient (Wildman–Crippen LogP) is 5.09. The average Bonchev–Trinajstić information content (AvgIpc) is 3.19. The summed E-state index contributed by atoms with van der Waals surface area (Å²) in [5.41, 5.74) is 0.861. The third-order valence-electron chi connectivity index (χ3n) is 4.90. The van der Waals surface area contributed by atoms with Gasteiger partial charge in [-0.1, -0.05) is 39.0 Å². The Morgan fingerprint density at radius 3 is 2.28 bits per heavy atom. The molecule has 0 bridgehead atoms. The van der Waals surface area contributed by atoms with Gasteiger partial charge in [-0.2, -0.15) is 0 Å². The van der Waals surface area contributed by atoms with E-state index in [1.54, 1.807) is 33.3 Å². The van der Waals surface area contributed by atoms with Crippen molar-refractivity contribution in [1.29, 1.82) is 0 Å².